The van der Waals surface area contributed by atoms with E-state index in [-0.39, 0.29) is 12.5 Å². The van der Waals surface area contributed by atoms with Crippen LogP contribution >= 0.6 is 11.6 Å². The number of aromatic nitrogens is 1. The van der Waals surface area contributed by atoms with Gasteiger partial charge in [0.2, 0.25) is 5.91 Å². The number of likely N-dealkylation sites (N-methyl/N-ethyl adjacent to an activating group) is 1. The minimum absolute atomic E-state index is 0.0505. The number of carbonyl (C=O) groups excluding carboxylic acids is 1. The van der Waals surface area contributed by atoms with Crippen LogP contribution in [-0.2, 0) is 16.1 Å². The van der Waals surface area contributed by atoms with Crippen molar-refractivity contribution in [2.75, 3.05) is 46.2 Å². The van der Waals surface area contributed by atoms with Gasteiger partial charge in [0, 0.05) is 27.2 Å². The minimum atomic E-state index is -0.0505. The molecule has 0 aromatic carbocycles. The minimum Gasteiger partial charge on any atom is -0.383 e. The summed E-state index contributed by atoms with van der Waals surface area (Å²) in [5.41, 5.74) is 0.741. The summed E-state index contributed by atoms with van der Waals surface area (Å²) >= 11 is 6.10. The number of hydrogen-bond acceptors (Lipinski definition) is 5. The van der Waals surface area contributed by atoms with E-state index in [0.717, 1.165) is 11.5 Å². The van der Waals surface area contributed by atoms with Gasteiger partial charge in [0.05, 0.1) is 23.9 Å². The van der Waals surface area contributed by atoms with Gasteiger partial charge in [-0.3, -0.25) is 9.69 Å². The SMILES string of the molecule is CNc1ccc(Cl)c(CN(C)CC(=O)NCCOC)n1. The molecule has 0 fully saturated rings. The second-order valence-corrected chi connectivity index (χ2v) is 4.80. The first-order chi connectivity index (χ1) is 9.56. The number of ether oxygens (including phenoxy) is 1. The molecule has 20 heavy (non-hydrogen) atoms. The molecule has 1 aromatic rings. The molecule has 1 amide bonds. The Kier molecular flexibility index (Phi) is 7.28. The normalized spacial score (nSPS) is 10.7. The first-order valence-corrected chi connectivity index (χ1v) is 6.72. The second-order valence-electron chi connectivity index (χ2n) is 4.39. The van der Waals surface area contributed by atoms with Gasteiger partial charge in [0.25, 0.3) is 0 Å². The van der Waals surface area contributed by atoms with Crippen LogP contribution in [-0.4, -0.2) is 56.7 Å². The van der Waals surface area contributed by atoms with Crippen molar-refractivity contribution in [3.8, 4) is 0 Å². The van der Waals surface area contributed by atoms with E-state index in [2.05, 4.69) is 15.6 Å². The average molecular weight is 301 g/mol. The first kappa shape index (κ1) is 16.7. The monoisotopic (exact) mass is 300 g/mol. The first-order valence-electron chi connectivity index (χ1n) is 6.34. The summed E-state index contributed by atoms with van der Waals surface area (Å²) in [6, 6.07) is 3.60. The molecule has 1 heterocycles. The lowest BCUT2D eigenvalue weighted by atomic mass is 10.3. The lowest BCUT2D eigenvalue weighted by molar-refractivity contribution is -0.122. The number of carbonyl (C=O) groups is 1. The molecule has 0 atom stereocenters. The van der Waals surface area contributed by atoms with Gasteiger partial charge < -0.3 is 15.4 Å². The zero-order valence-corrected chi connectivity index (χ0v) is 12.8. The van der Waals surface area contributed by atoms with Crippen LogP contribution in [0.3, 0.4) is 0 Å². The lowest BCUT2D eigenvalue weighted by Gasteiger charge is -2.17. The molecule has 7 heteroatoms. The summed E-state index contributed by atoms with van der Waals surface area (Å²) in [5, 5.41) is 6.32. The molecule has 0 saturated heterocycles. The van der Waals surface area contributed by atoms with Crippen LogP contribution in [0.25, 0.3) is 0 Å². The van der Waals surface area contributed by atoms with Crippen molar-refractivity contribution in [3.63, 3.8) is 0 Å². The number of rotatable bonds is 8. The summed E-state index contributed by atoms with van der Waals surface area (Å²) < 4.78 is 4.87. The van der Waals surface area contributed by atoms with Gasteiger partial charge >= 0.3 is 0 Å². The van der Waals surface area contributed by atoms with E-state index in [1.807, 2.05) is 18.0 Å². The summed E-state index contributed by atoms with van der Waals surface area (Å²) in [6.07, 6.45) is 0. The van der Waals surface area contributed by atoms with Crippen LogP contribution in [0.5, 0.6) is 0 Å². The van der Waals surface area contributed by atoms with Crippen LogP contribution in [0.1, 0.15) is 5.69 Å². The summed E-state index contributed by atoms with van der Waals surface area (Å²) in [7, 11) is 5.24. The zero-order valence-electron chi connectivity index (χ0n) is 12.1. The highest BCUT2D eigenvalue weighted by Gasteiger charge is 2.10. The lowest BCUT2D eigenvalue weighted by Crippen LogP contribution is -2.36. The molecule has 6 nitrogen and oxygen atoms in total. The van der Waals surface area contributed by atoms with Gasteiger partial charge in [0.1, 0.15) is 5.82 Å². The number of nitrogens with one attached hydrogen (secondary N) is 2. The number of halogens is 1. The third-order valence-corrected chi connectivity index (χ3v) is 2.98. The van der Waals surface area contributed by atoms with E-state index in [9.17, 15) is 4.79 Å². The summed E-state index contributed by atoms with van der Waals surface area (Å²) in [5.74, 6) is 0.702. The molecule has 0 unspecified atom stereocenters. The fourth-order valence-electron chi connectivity index (χ4n) is 1.64. The Balaban J connectivity index is 2.49. The molecule has 0 radical (unpaired) electrons. The smallest absolute Gasteiger partial charge is 0.234 e. The highest BCUT2D eigenvalue weighted by molar-refractivity contribution is 6.31. The predicted molar refractivity (Wildman–Crippen MR) is 80.0 cm³/mol. The molecular weight excluding hydrogens is 280 g/mol. The molecule has 1 rings (SSSR count). The molecule has 112 valence electrons. The van der Waals surface area contributed by atoms with Crippen molar-refractivity contribution in [2.45, 2.75) is 6.54 Å². The third-order valence-electron chi connectivity index (χ3n) is 2.64. The van der Waals surface area contributed by atoms with E-state index in [1.165, 1.54) is 0 Å². The van der Waals surface area contributed by atoms with E-state index in [0.29, 0.717) is 24.7 Å². The number of nitrogens with zero attached hydrogens (tertiary/aromatic N) is 2. The standard InChI is InChI=1S/C13H21ClN4O2/c1-15-12-5-4-10(14)11(17-12)8-18(2)9-13(19)16-6-7-20-3/h4-5H,6-9H2,1-3H3,(H,15,17)(H,16,19). The Hall–Kier alpha value is -1.37. The summed E-state index contributed by atoms with van der Waals surface area (Å²) in [6.45, 7) is 1.81. The van der Waals surface area contributed by atoms with Gasteiger partial charge in [-0.1, -0.05) is 11.6 Å². The van der Waals surface area contributed by atoms with Crippen molar-refractivity contribution in [1.82, 2.24) is 15.2 Å². The molecular formula is C13H21ClN4O2. The Labute approximate surface area is 124 Å². The third kappa shape index (κ3) is 5.73. The van der Waals surface area contributed by atoms with E-state index in [1.54, 1.807) is 20.2 Å². The van der Waals surface area contributed by atoms with E-state index >= 15 is 0 Å². The molecule has 1 aromatic heterocycles. The second kappa shape index (κ2) is 8.73. The number of anilines is 1. The van der Waals surface area contributed by atoms with Gasteiger partial charge in [-0.05, 0) is 19.2 Å². The van der Waals surface area contributed by atoms with E-state index < -0.39 is 0 Å². The molecule has 2 N–H and O–H groups in total. The molecule has 0 aliphatic carbocycles. The van der Waals surface area contributed by atoms with Gasteiger partial charge in [-0.25, -0.2) is 4.98 Å². The zero-order chi connectivity index (χ0) is 15.0. The number of amides is 1. The Morgan fingerprint density at radius 2 is 2.25 bits per heavy atom. The maximum absolute atomic E-state index is 11.7. The van der Waals surface area contributed by atoms with Crippen molar-refractivity contribution in [1.29, 1.82) is 0 Å². The fourth-order valence-corrected chi connectivity index (χ4v) is 1.80. The van der Waals surface area contributed by atoms with E-state index in [4.69, 9.17) is 16.3 Å². The maximum Gasteiger partial charge on any atom is 0.234 e. The van der Waals surface area contributed by atoms with Crippen LogP contribution < -0.4 is 10.6 Å². The molecule has 0 spiro atoms. The molecule has 0 aliphatic heterocycles. The van der Waals surface area contributed by atoms with Crippen LogP contribution in [0.15, 0.2) is 12.1 Å². The largest absolute Gasteiger partial charge is 0.383 e. The Morgan fingerprint density at radius 3 is 2.90 bits per heavy atom. The van der Waals surface area contributed by atoms with Gasteiger partial charge in [-0.15, -0.1) is 0 Å². The molecule has 0 saturated carbocycles. The Morgan fingerprint density at radius 1 is 1.50 bits per heavy atom. The average Bonchev–Trinajstić information content (AvgIpc) is 2.41. The van der Waals surface area contributed by atoms with Crippen LogP contribution in [0.4, 0.5) is 5.82 Å². The van der Waals surface area contributed by atoms with Gasteiger partial charge in [0.15, 0.2) is 0 Å². The highest BCUT2D eigenvalue weighted by Crippen LogP contribution is 2.17. The highest BCUT2D eigenvalue weighted by atomic mass is 35.5. The number of pyridine rings is 1. The van der Waals surface area contributed by atoms with Gasteiger partial charge in [-0.2, -0.15) is 0 Å². The molecule has 0 bridgehead atoms. The summed E-state index contributed by atoms with van der Waals surface area (Å²) in [4.78, 5) is 17.9. The number of methoxy groups -OCH3 is 1. The number of hydrogen-bond donors (Lipinski definition) is 2. The predicted octanol–water partition coefficient (Wildman–Crippen LogP) is 0.971. The Bertz CT molecular complexity index is 442. The van der Waals surface area contributed by atoms with Crippen molar-refractivity contribution in [2.24, 2.45) is 0 Å². The van der Waals surface area contributed by atoms with Crippen LogP contribution in [0.2, 0.25) is 5.02 Å². The fraction of sp³-hybridized carbons (Fsp3) is 0.538. The van der Waals surface area contributed by atoms with Crippen molar-refractivity contribution < 1.29 is 9.53 Å². The topological polar surface area (TPSA) is 66.5 Å². The molecule has 0 aliphatic rings. The van der Waals surface area contributed by atoms with Crippen molar-refractivity contribution in [3.05, 3.63) is 22.8 Å². The van der Waals surface area contributed by atoms with Crippen molar-refractivity contribution >= 4 is 23.3 Å². The quantitative estimate of drug-likeness (QED) is 0.700. The maximum atomic E-state index is 11.7. The van der Waals surface area contributed by atoms with Crippen LogP contribution in [0, 0.1) is 0 Å².